The molecule has 0 aromatic carbocycles. The Morgan fingerprint density at radius 2 is 2.15 bits per heavy atom. The first-order valence-corrected chi connectivity index (χ1v) is 7.75. The lowest BCUT2D eigenvalue weighted by Gasteiger charge is -2.14. The van der Waals surface area contributed by atoms with Gasteiger partial charge in [0.25, 0.3) is 0 Å². The van der Waals surface area contributed by atoms with Gasteiger partial charge in [0.2, 0.25) is 0 Å². The number of hydrogen-bond acceptors (Lipinski definition) is 3. The third-order valence-electron chi connectivity index (χ3n) is 3.98. The van der Waals surface area contributed by atoms with Crippen LogP contribution in [0.2, 0.25) is 0 Å². The highest BCUT2D eigenvalue weighted by Gasteiger charge is 2.19. The molecule has 106 valence electrons. The van der Waals surface area contributed by atoms with Crippen LogP contribution in [0.1, 0.15) is 50.2 Å². The topological polar surface area (TPSA) is 55.1 Å². The van der Waals surface area contributed by atoms with Crippen molar-refractivity contribution in [1.29, 1.82) is 0 Å². The summed E-state index contributed by atoms with van der Waals surface area (Å²) in [5.41, 5.74) is 3.68. The quantitative estimate of drug-likeness (QED) is 0.944. The van der Waals surface area contributed by atoms with Gasteiger partial charge in [-0.2, -0.15) is 0 Å². The number of fused-ring (bicyclic) bond motifs is 1. The molecule has 0 unspecified atom stereocenters. The number of hydrogen-bond donors (Lipinski definition) is 1. The first kappa shape index (κ1) is 13.4. The molecule has 0 fully saturated rings. The number of carboxylic acids is 1. The summed E-state index contributed by atoms with van der Waals surface area (Å²) < 4.78 is 2.26. The third-order valence-corrected chi connectivity index (χ3v) is 5.06. The maximum Gasteiger partial charge on any atom is 0.345 e. The molecule has 2 aromatic rings. The number of imidazole rings is 1. The van der Waals surface area contributed by atoms with Gasteiger partial charge in [0.05, 0.1) is 12.2 Å². The lowest BCUT2D eigenvalue weighted by atomic mass is 10.0. The summed E-state index contributed by atoms with van der Waals surface area (Å²) in [7, 11) is 0. The molecule has 0 atom stereocenters. The van der Waals surface area contributed by atoms with Gasteiger partial charge < -0.3 is 9.67 Å². The van der Waals surface area contributed by atoms with Crippen LogP contribution < -0.4 is 0 Å². The standard InChI is InChI=1S/C15H18N2O2S/c1-9-11(7-14(20-9)15(18)19)8-17-10(2)16-12-5-3-4-6-13(12)17/h7H,3-6,8H2,1-2H3,(H,18,19). The molecule has 0 spiro atoms. The summed E-state index contributed by atoms with van der Waals surface area (Å²) in [5.74, 6) is 0.202. The number of thiophene rings is 1. The molecular formula is C15H18N2O2S. The van der Waals surface area contributed by atoms with Crippen molar-refractivity contribution in [2.45, 2.75) is 46.1 Å². The van der Waals surface area contributed by atoms with Crippen molar-refractivity contribution >= 4 is 17.3 Å². The normalized spacial score (nSPS) is 14.3. The van der Waals surface area contributed by atoms with Crippen molar-refractivity contribution in [3.8, 4) is 0 Å². The molecule has 0 aliphatic heterocycles. The predicted molar refractivity (Wildman–Crippen MR) is 78.7 cm³/mol. The summed E-state index contributed by atoms with van der Waals surface area (Å²) >= 11 is 1.35. The van der Waals surface area contributed by atoms with E-state index in [0.717, 1.165) is 35.7 Å². The van der Waals surface area contributed by atoms with E-state index in [9.17, 15) is 4.79 Å². The van der Waals surface area contributed by atoms with Crippen LogP contribution in [0.5, 0.6) is 0 Å². The summed E-state index contributed by atoms with van der Waals surface area (Å²) in [6.45, 7) is 4.77. The molecular weight excluding hydrogens is 272 g/mol. The summed E-state index contributed by atoms with van der Waals surface area (Å²) in [4.78, 5) is 17.2. The maximum absolute atomic E-state index is 11.1. The fourth-order valence-electron chi connectivity index (χ4n) is 2.90. The minimum absolute atomic E-state index is 0.420. The van der Waals surface area contributed by atoms with Crippen LogP contribution in [-0.4, -0.2) is 20.6 Å². The molecule has 20 heavy (non-hydrogen) atoms. The van der Waals surface area contributed by atoms with E-state index < -0.39 is 5.97 Å². The van der Waals surface area contributed by atoms with Gasteiger partial charge in [-0.3, -0.25) is 0 Å². The Labute approximate surface area is 122 Å². The van der Waals surface area contributed by atoms with Crippen molar-refractivity contribution in [2.24, 2.45) is 0 Å². The SMILES string of the molecule is Cc1sc(C(=O)O)cc1Cn1c(C)nc2c1CCCC2. The van der Waals surface area contributed by atoms with Crippen LogP contribution in [0.3, 0.4) is 0 Å². The van der Waals surface area contributed by atoms with Crippen LogP contribution in [0.4, 0.5) is 0 Å². The molecule has 4 nitrogen and oxygen atoms in total. The highest BCUT2D eigenvalue weighted by Crippen LogP contribution is 2.26. The minimum atomic E-state index is -0.839. The van der Waals surface area contributed by atoms with Crippen LogP contribution in [0.15, 0.2) is 6.07 Å². The second-order valence-electron chi connectivity index (χ2n) is 5.34. The van der Waals surface area contributed by atoms with Crippen LogP contribution in [0, 0.1) is 13.8 Å². The van der Waals surface area contributed by atoms with E-state index in [-0.39, 0.29) is 0 Å². The van der Waals surface area contributed by atoms with Crippen molar-refractivity contribution in [3.63, 3.8) is 0 Å². The molecule has 0 bridgehead atoms. The van der Waals surface area contributed by atoms with Gasteiger partial charge in [0.1, 0.15) is 10.7 Å². The maximum atomic E-state index is 11.1. The van der Waals surface area contributed by atoms with E-state index in [1.54, 1.807) is 6.07 Å². The molecule has 3 rings (SSSR count). The lowest BCUT2D eigenvalue weighted by Crippen LogP contribution is -2.10. The number of carboxylic acid groups (broad SMARTS) is 1. The predicted octanol–water partition coefficient (Wildman–Crippen LogP) is 3.19. The number of aromatic carboxylic acids is 1. The fraction of sp³-hybridized carbons (Fsp3) is 0.467. The second kappa shape index (κ2) is 5.05. The van der Waals surface area contributed by atoms with Gasteiger partial charge in [0.15, 0.2) is 0 Å². The molecule has 5 heteroatoms. The zero-order valence-corrected chi connectivity index (χ0v) is 12.6. The second-order valence-corrected chi connectivity index (χ2v) is 6.60. The molecule has 0 radical (unpaired) electrons. The fourth-order valence-corrected chi connectivity index (χ4v) is 3.77. The molecule has 1 N–H and O–H groups in total. The Bertz CT molecular complexity index is 670. The Kier molecular flexibility index (Phi) is 3.38. The Balaban J connectivity index is 1.95. The van der Waals surface area contributed by atoms with Crippen LogP contribution in [-0.2, 0) is 19.4 Å². The van der Waals surface area contributed by atoms with Gasteiger partial charge >= 0.3 is 5.97 Å². The molecule has 0 amide bonds. The summed E-state index contributed by atoms with van der Waals surface area (Å²) in [6.07, 6.45) is 4.61. The zero-order valence-electron chi connectivity index (χ0n) is 11.8. The van der Waals surface area contributed by atoms with Crippen LogP contribution in [0.25, 0.3) is 0 Å². The Morgan fingerprint density at radius 3 is 2.85 bits per heavy atom. The van der Waals surface area contributed by atoms with Crippen LogP contribution >= 0.6 is 11.3 Å². The van der Waals surface area contributed by atoms with E-state index >= 15 is 0 Å². The third kappa shape index (κ3) is 2.26. The minimum Gasteiger partial charge on any atom is -0.477 e. The highest BCUT2D eigenvalue weighted by atomic mass is 32.1. The first-order valence-electron chi connectivity index (χ1n) is 6.93. The number of aryl methyl sites for hydroxylation is 3. The van der Waals surface area contributed by atoms with Gasteiger partial charge in [-0.1, -0.05) is 0 Å². The molecule has 2 heterocycles. The Hall–Kier alpha value is -1.62. The van der Waals surface area contributed by atoms with Crippen molar-refractivity contribution in [3.05, 3.63) is 38.6 Å². The number of aromatic nitrogens is 2. The summed E-state index contributed by atoms with van der Waals surface area (Å²) in [6, 6.07) is 1.80. The molecule has 2 aromatic heterocycles. The average Bonchev–Trinajstić information content (AvgIpc) is 2.92. The molecule has 0 saturated heterocycles. The number of rotatable bonds is 3. The smallest absolute Gasteiger partial charge is 0.345 e. The van der Waals surface area contributed by atoms with E-state index in [2.05, 4.69) is 9.55 Å². The molecule has 1 aliphatic carbocycles. The van der Waals surface area contributed by atoms with Crippen molar-refractivity contribution < 1.29 is 9.90 Å². The van der Waals surface area contributed by atoms with Gasteiger partial charge in [0, 0.05) is 10.6 Å². The first-order chi connectivity index (χ1) is 9.56. The van der Waals surface area contributed by atoms with E-state index in [4.69, 9.17) is 5.11 Å². The van der Waals surface area contributed by atoms with Gasteiger partial charge in [-0.25, -0.2) is 9.78 Å². The van der Waals surface area contributed by atoms with Gasteiger partial charge in [-0.05, 0) is 51.2 Å². The molecule has 0 saturated carbocycles. The molecule has 1 aliphatic rings. The zero-order chi connectivity index (χ0) is 14.3. The van der Waals surface area contributed by atoms with E-state index in [1.165, 1.54) is 35.6 Å². The number of carbonyl (C=O) groups is 1. The lowest BCUT2D eigenvalue weighted by molar-refractivity contribution is 0.0702. The van der Waals surface area contributed by atoms with Crippen molar-refractivity contribution in [1.82, 2.24) is 9.55 Å². The van der Waals surface area contributed by atoms with Crippen molar-refractivity contribution in [2.75, 3.05) is 0 Å². The monoisotopic (exact) mass is 290 g/mol. The Morgan fingerprint density at radius 1 is 1.40 bits per heavy atom. The van der Waals surface area contributed by atoms with E-state index in [1.807, 2.05) is 13.8 Å². The highest BCUT2D eigenvalue weighted by molar-refractivity contribution is 7.14. The van der Waals surface area contributed by atoms with E-state index in [0.29, 0.717) is 4.88 Å². The summed E-state index contributed by atoms with van der Waals surface area (Å²) in [5, 5.41) is 9.09. The largest absolute Gasteiger partial charge is 0.477 e. The average molecular weight is 290 g/mol. The number of nitrogens with zero attached hydrogens (tertiary/aromatic N) is 2. The van der Waals surface area contributed by atoms with Gasteiger partial charge in [-0.15, -0.1) is 11.3 Å².